The van der Waals surface area contributed by atoms with Gasteiger partial charge in [0.1, 0.15) is 11.5 Å². The van der Waals surface area contributed by atoms with Crippen LogP contribution in [-0.2, 0) is 16.3 Å². The summed E-state index contributed by atoms with van der Waals surface area (Å²) in [7, 11) is -3.24. The maximum absolute atomic E-state index is 11.5. The maximum atomic E-state index is 11.5. The van der Waals surface area contributed by atoms with Crippen LogP contribution in [-0.4, -0.2) is 24.9 Å². The van der Waals surface area contributed by atoms with Gasteiger partial charge in [-0.25, -0.2) is 8.42 Å². The van der Waals surface area contributed by atoms with Crippen LogP contribution >= 0.6 is 0 Å². The highest BCUT2D eigenvalue weighted by Crippen LogP contribution is 2.35. The van der Waals surface area contributed by atoms with Gasteiger partial charge < -0.3 is 10.2 Å². The molecule has 0 aliphatic heterocycles. The number of rotatable bonds is 9. The third-order valence-electron chi connectivity index (χ3n) is 4.60. The second kappa shape index (κ2) is 9.08. The summed E-state index contributed by atoms with van der Waals surface area (Å²) in [5.41, 5.74) is 1.98. The number of hydrogen-bond donors (Lipinski definition) is 2. The van der Waals surface area contributed by atoms with Gasteiger partial charge in [-0.3, -0.25) is 0 Å². The fourth-order valence-electron chi connectivity index (χ4n) is 3.04. The first kappa shape index (κ1) is 20.3. The van der Waals surface area contributed by atoms with Crippen molar-refractivity contribution in [2.24, 2.45) is 0 Å². The predicted octanol–water partition coefficient (Wildman–Crippen LogP) is 5.07. The summed E-state index contributed by atoms with van der Waals surface area (Å²) >= 11 is 0. The largest absolute Gasteiger partial charge is 0.508 e. The number of sulfone groups is 1. The van der Waals surface area contributed by atoms with E-state index in [4.69, 9.17) is 0 Å². The third kappa shape index (κ3) is 5.49. The number of hydrogen-bond acceptors (Lipinski definition) is 4. The van der Waals surface area contributed by atoms with Crippen molar-refractivity contribution < 1.29 is 18.6 Å². The molecule has 0 aliphatic carbocycles. The first-order valence-corrected chi connectivity index (χ1v) is 11.1. The Labute approximate surface area is 156 Å². The molecule has 2 aromatic rings. The molecule has 0 aromatic heterocycles. The van der Waals surface area contributed by atoms with Crippen LogP contribution in [0.15, 0.2) is 41.3 Å². The Morgan fingerprint density at radius 3 is 1.88 bits per heavy atom. The van der Waals surface area contributed by atoms with Crippen molar-refractivity contribution in [3.63, 3.8) is 0 Å². The lowest BCUT2D eigenvalue weighted by Gasteiger charge is -2.11. The maximum Gasteiger partial charge on any atom is 0.175 e. The van der Waals surface area contributed by atoms with Crippen LogP contribution < -0.4 is 0 Å². The summed E-state index contributed by atoms with van der Waals surface area (Å²) in [5.74, 6) is 0.168. The van der Waals surface area contributed by atoms with Crippen molar-refractivity contribution in [2.75, 3.05) is 6.26 Å². The van der Waals surface area contributed by atoms with Crippen LogP contribution in [0.3, 0.4) is 0 Å². The lowest BCUT2D eigenvalue weighted by molar-refractivity contribution is 0.436. The molecule has 0 radical (unpaired) electrons. The van der Waals surface area contributed by atoms with Crippen LogP contribution in [0.1, 0.15) is 51.0 Å². The monoisotopic (exact) mass is 376 g/mol. The molecule has 0 fully saturated rings. The van der Waals surface area contributed by atoms with E-state index in [1.807, 2.05) is 0 Å². The molecule has 26 heavy (non-hydrogen) atoms. The Morgan fingerprint density at radius 1 is 0.808 bits per heavy atom. The topological polar surface area (TPSA) is 74.6 Å². The van der Waals surface area contributed by atoms with E-state index < -0.39 is 9.84 Å². The van der Waals surface area contributed by atoms with E-state index in [1.54, 1.807) is 24.3 Å². The lowest BCUT2D eigenvalue weighted by Crippen LogP contribution is -1.96. The smallest absolute Gasteiger partial charge is 0.175 e. The van der Waals surface area contributed by atoms with Gasteiger partial charge in [-0.1, -0.05) is 51.2 Å². The zero-order chi connectivity index (χ0) is 19.2. The van der Waals surface area contributed by atoms with E-state index in [9.17, 15) is 18.6 Å². The minimum absolute atomic E-state index is 0.0840. The molecule has 5 heteroatoms. The fraction of sp³-hybridized carbons (Fsp3) is 0.429. The van der Waals surface area contributed by atoms with Crippen LogP contribution in [0, 0.1) is 0 Å². The molecule has 0 unspecified atom stereocenters. The van der Waals surface area contributed by atoms with Crippen molar-refractivity contribution >= 4 is 9.84 Å². The Bertz CT molecular complexity index is 801. The van der Waals surface area contributed by atoms with Crippen molar-refractivity contribution in [1.29, 1.82) is 0 Å². The van der Waals surface area contributed by atoms with Gasteiger partial charge in [-0.05, 0) is 48.2 Å². The molecular weight excluding hydrogens is 348 g/mol. The van der Waals surface area contributed by atoms with Gasteiger partial charge in [0, 0.05) is 11.8 Å². The summed E-state index contributed by atoms with van der Waals surface area (Å²) < 4.78 is 23.1. The molecule has 142 valence electrons. The number of benzene rings is 2. The summed E-state index contributed by atoms with van der Waals surface area (Å²) in [6.07, 6.45) is 8.73. The SMILES string of the molecule is CCCCCCCCc1c(O)cc(-c2ccc(S(C)(=O)=O)cc2)cc1O. The molecule has 2 rings (SSSR count). The van der Waals surface area contributed by atoms with Crippen LogP contribution in [0.25, 0.3) is 11.1 Å². The van der Waals surface area contributed by atoms with Gasteiger partial charge in [-0.15, -0.1) is 0 Å². The Morgan fingerprint density at radius 2 is 1.35 bits per heavy atom. The number of phenols is 2. The van der Waals surface area contributed by atoms with Gasteiger partial charge in [-0.2, -0.15) is 0 Å². The molecule has 0 aliphatic rings. The molecule has 0 heterocycles. The van der Waals surface area contributed by atoms with Crippen LogP contribution in [0.2, 0.25) is 0 Å². The third-order valence-corrected chi connectivity index (χ3v) is 5.73. The van der Waals surface area contributed by atoms with Crippen molar-refractivity contribution in [3.05, 3.63) is 42.0 Å². The highest BCUT2D eigenvalue weighted by atomic mass is 32.2. The minimum Gasteiger partial charge on any atom is -0.508 e. The molecule has 2 aromatic carbocycles. The van der Waals surface area contributed by atoms with Crippen LogP contribution in [0.4, 0.5) is 0 Å². The van der Waals surface area contributed by atoms with Crippen molar-refractivity contribution in [3.8, 4) is 22.6 Å². The van der Waals surface area contributed by atoms with E-state index in [0.717, 1.165) is 24.7 Å². The molecule has 2 N–H and O–H groups in total. The summed E-state index contributed by atoms with van der Waals surface area (Å²) in [4.78, 5) is 0.245. The predicted molar refractivity (Wildman–Crippen MR) is 105 cm³/mol. The van der Waals surface area contributed by atoms with Gasteiger partial charge in [0.25, 0.3) is 0 Å². The van der Waals surface area contributed by atoms with E-state index >= 15 is 0 Å². The molecule has 4 nitrogen and oxygen atoms in total. The van der Waals surface area contributed by atoms with E-state index in [0.29, 0.717) is 17.5 Å². The second-order valence-corrected chi connectivity index (χ2v) is 8.82. The van der Waals surface area contributed by atoms with E-state index in [2.05, 4.69) is 6.92 Å². The number of unbranched alkanes of at least 4 members (excludes halogenated alkanes) is 5. The number of aromatic hydroxyl groups is 2. The molecule has 0 spiro atoms. The first-order valence-electron chi connectivity index (χ1n) is 9.18. The average Bonchev–Trinajstić information content (AvgIpc) is 2.59. The molecule has 0 bridgehead atoms. The Kier molecular flexibility index (Phi) is 7.09. The van der Waals surface area contributed by atoms with Crippen molar-refractivity contribution in [1.82, 2.24) is 0 Å². The fourth-order valence-corrected chi connectivity index (χ4v) is 3.67. The molecule has 0 saturated carbocycles. The minimum atomic E-state index is -3.24. The molecule has 0 saturated heterocycles. The second-order valence-electron chi connectivity index (χ2n) is 6.81. The first-order chi connectivity index (χ1) is 12.3. The number of phenolic OH excluding ortho intramolecular Hbond substituents is 2. The summed E-state index contributed by atoms with van der Waals surface area (Å²) in [5, 5.41) is 20.6. The lowest BCUT2D eigenvalue weighted by atomic mass is 9.98. The van der Waals surface area contributed by atoms with E-state index in [-0.39, 0.29) is 16.4 Å². The van der Waals surface area contributed by atoms with Gasteiger partial charge >= 0.3 is 0 Å². The average molecular weight is 377 g/mol. The normalized spacial score (nSPS) is 11.6. The van der Waals surface area contributed by atoms with Gasteiger partial charge in [0.15, 0.2) is 9.84 Å². The van der Waals surface area contributed by atoms with Gasteiger partial charge in [0.05, 0.1) is 4.90 Å². The highest BCUT2D eigenvalue weighted by Gasteiger charge is 2.12. The summed E-state index contributed by atoms with van der Waals surface area (Å²) in [6, 6.07) is 9.67. The van der Waals surface area contributed by atoms with Gasteiger partial charge in [0.2, 0.25) is 0 Å². The van der Waals surface area contributed by atoms with Crippen LogP contribution in [0.5, 0.6) is 11.5 Å². The molecular formula is C21H28O4S. The van der Waals surface area contributed by atoms with E-state index in [1.165, 1.54) is 37.8 Å². The molecule has 0 amide bonds. The quantitative estimate of drug-likeness (QED) is 0.599. The standard InChI is InChI=1S/C21H28O4S/c1-3-4-5-6-7-8-9-19-20(22)14-17(15-21(19)23)16-10-12-18(13-11-16)26(2,24)25/h10-15,22-23H,3-9H2,1-2H3. The molecule has 0 atom stereocenters. The van der Waals surface area contributed by atoms with Crippen molar-refractivity contribution in [2.45, 2.75) is 56.8 Å². The Balaban J connectivity index is 2.08. The zero-order valence-corrected chi connectivity index (χ0v) is 16.3. The Hall–Kier alpha value is -2.01. The zero-order valence-electron chi connectivity index (χ0n) is 15.5. The highest BCUT2D eigenvalue weighted by molar-refractivity contribution is 7.90. The summed E-state index contributed by atoms with van der Waals surface area (Å²) in [6.45, 7) is 2.19.